The molecule has 21 heavy (non-hydrogen) atoms. The molecule has 2 aliphatic rings. The number of benzene rings is 1. The molecule has 3 rings (SSSR count). The lowest BCUT2D eigenvalue weighted by molar-refractivity contribution is -0.139. The van der Waals surface area contributed by atoms with Crippen LogP contribution in [0.15, 0.2) is 24.3 Å². The van der Waals surface area contributed by atoms with Crippen molar-refractivity contribution in [2.75, 3.05) is 6.54 Å². The molecule has 112 valence electrons. The zero-order valence-corrected chi connectivity index (χ0v) is 11.9. The zero-order valence-electron chi connectivity index (χ0n) is 11.9. The second kappa shape index (κ2) is 5.47. The number of rotatable bonds is 2. The molecule has 0 aromatic heterocycles. The Labute approximate surface area is 123 Å². The van der Waals surface area contributed by atoms with Gasteiger partial charge < -0.3 is 10.2 Å². The van der Waals surface area contributed by atoms with Gasteiger partial charge in [0.2, 0.25) is 11.8 Å². The second-order valence-corrected chi connectivity index (χ2v) is 5.91. The van der Waals surface area contributed by atoms with E-state index in [9.17, 15) is 14.0 Å². The molecule has 5 heteroatoms. The van der Waals surface area contributed by atoms with E-state index < -0.39 is 5.54 Å². The van der Waals surface area contributed by atoms with Gasteiger partial charge >= 0.3 is 0 Å². The van der Waals surface area contributed by atoms with Crippen LogP contribution in [0.2, 0.25) is 0 Å². The van der Waals surface area contributed by atoms with Crippen molar-refractivity contribution >= 4 is 11.8 Å². The van der Waals surface area contributed by atoms with Gasteiger partial charge in [0.05, 0.1) is 0 Å². The summed E-state index contributed by atoms with van der Waals surface area (Å²) in [6.45, 7) is 0.572. The average Bonchev–Trinajstić information content (AvgIpc) is 2.90. The molecule has 1 aliphatic heterocycles. The largest absolute Gasteiger partial charge is 0.342 e. The molecule has 1 spiro atoms. The van der Waals surface area contributed by atoms with E-state index in [0.29, 0.717) is 24.9 Å². The van der Waals surface area contributed by atoms with E-state index in [1.165, 1.54) is 6.07 Å². The maximum atomic E-state index is 13.8. The smallest absolute Gasteiger partial charge is 0.248 e. The number of hydrogen-bond donors (Lipinski definition) is 1. The fraction of sp³-hybridized carbons (Fsp3) is 0.500. The highest BCUT2D eigenvalue weighted by molar-refractivity contribution is 5.93. The third kappa shape index (κ3) is 2.64. The molecule has 0 bridgehead atoms. The third-order valence-electron chi connectivity index (χ3n) is 4.46. The van der Waals surface area contributed by atoms with Crippen molar-refractivity contribution in [2.45, 2.75) is 44.2 Å². The average molecular weight is 290 g/mol. The van der Waals surface area contributed by atoms with Crippen molar-refractivity contribution in [1.29, 1.82) is 0 Å². The van der Waals surface area contributed by atoms with E-state index in [1.807, 2.05) is 0 Å². The lowest BCUT2D eigenvalue weighted by Gasteiger charge is -2.31. The summed E-state index contributed by atoms with van der Waals surface area (Å²) in [6.07, 6.45) is 3.54. The number of hydrogen-bond acceptors (Lipinski definition) is 2. The standard InChI is InChI=1S/C16H19FN2O2/c17-13-6-2-1-5-12(13)11-19-10-7-14(20)18-16(15(19)21)8-3-4-9-16/h1-2,5-6H,3-4,7-11H2,(H,18,20). The quantitative estimate of drug-likeness (QED) is 0.905. The molecule has 0 radical (unpaired) electrons. The number of carbonyl (C=O) groups is 2. The highest BCUT2D eigenvalue weighted by Gasteiger charge is 2.46. The molecule has 1 aliphatic carbocycles. The van der Waals surface area contributed by atoms with Gasteiger partial charge in [0.25, 0.3) is 0 Å². The van der Waals surface area contributed by atoms with Crippen molar-refractivity contribution in [2.24, 2.45) is 0 Å². The van der Waals surface area contributed by atoms with Gasteiger partial charge in [-0.25, -0.2) is 4.39 Å². The van der Waals surface area contributed by atoms with Crippen LogP contribution in [0.25, 0.3) is 0 Å². The highest BCUT2D eigenvalue weighted by Crippen LogP contribution is 2.33. The molecule has 1 aromatic carbocycles. The summed E-state index contributed by atoms with van der Waals surface area (Å²) < 4.78 is 13.8. The minimum absolute atomic E-state index is 0.0610. The minimum Gasteiger partial charge on any atom is -0.342 e. The fourth-order valence-electron chi connectivity index (χ4n) is 3.32. The van der Waals surface area contributed by atoms with Crippen molar-refractivity contribution in [3.05, 3.63) is 35.6 Å². The summed E-state index contributed by atoms with van der Waals surface area (Å²) in [7, 11) is 0. The predicted octanol–water partition coefficient (Wildman–Crippen LogP) is 1.99. The van der Waals surface area contributed by atoms with Gasteiger partial charge in [-0.2, -0.15) is 0 Å². The molecule has 4 nitrogen and oxygen atoms in total. The normalized spacial score (nSPS) is 21.5. The molecule has 2 amide bonds. The maximum Gasteiger partial charge on any atom is 0.248 e. The number of carbonyl (C=O) groups excluding carboxylic acids is 2. The molecular formula is C16H19FN2O2. The van der Waals surface area contributed by atoms with Crippen LogP contribution in [0.5, 0.6) is 0 Å². The van der Waals surface area contributed by atoms with E-state index in [-0.39, 0.29) is 30.6 Å². The lowest BCUT2D eigenvalue weighted by Crippen LogP contribution is -2.55. The van der Waals surface area contributed by atoms with Crippen molar-refractivity contribution in [1.82, 2.24) is 10.2 Å². The second-order valence-electron chi connectivity index (χ2n) is 5.91. The third-order valence-corrected chi connectivity index (χ3v) is 4.46. The topological polar surface area (TPSA) is 49.4 Å². The van der Waals surface area contributed by atoms with Gasteiger partial charge in [-0.15, -0.1) is 0 Å². The molecule has 2 fully saturated rings. The molecule has 1 heterocycles. The van der Waals surface area contributed by atoms with Gasteiger partial charge in [0.15, 0.2) is 0 Å². The Bertz CT molecular complexity index is 567. The van der Waals surface area contributed by atoms with Crippen LogP contribution in [0.4, 0.5) is 4.39 Å². The van der Waals surface area contributed by atoms with E-state index in [4.69, 9.17) is 0 Å². The van der Waals surface area contributed by atoms with Gasteiger partial charge in [0.1, 0.15) is 11.4 Å². The van der Waals surface area contributed by atoms with Crippen LogP contribution in [0.3, 0.4) is 0 Å². The van der Waals surface area contributed by atoms with Crippen LogP contribution in [-0.4, -0.2) is 28.8 Å². The maximum absolute atomic E-state index is 13.8. The zero-order chi connectivity index (χ0) is 14.9. The Balaban J connectivity index is 1.85. The molecule has 1 aromatic rings. The Morgan fingerprint density at radius 1 is 1.19 bits per heavy atom. The summed E-state index contributed by atoms with van der Waals surface area (Å²) in [4.78, 5) is 26.3. The summed E-state index contributed by atoms with van der Waals surface area (Å²) >= 11 is 0. The SMILES string of the molecule is O=C1CCN(Cc2ccccc2F)C(=O)C2(CCCC2)N1. The Kier molecular flexibility index (Phi) is 3.66. The monoisotopic (exact) mass is 290 g/mol. The van der Waals surface area contributed by atoms with E-state index in [2.05, 4.69) is 5.32 Å². The molecule has 1 N–H and O–H groups in total. The van der Waals surface area contributed by atoms with Crippen molar-refractivity contribution < 1.29 is 14.0 Å². The first-order valence-corrected chi connectivity index (χ1v) is 7.44. The minimum atomic E-state index is -0.751. The van der Waals surface area contributed by atoms with E-state index >= 15 is 0 Å². The first kappa shape index (κ1) is 14.0. The van der Waals surface area contributed by atoms with Crippen molar-refractivity contribution in [3.63, 3.8) is 0 Å². The van der Waals surface area contributed by atoms with Crippen LogP contribution >= 0.6 is 0 Å². The first-order chi connectivity index (χ1) is 10.1. The molecule has 0 unspecified atom stereocenters. The van der Waals surface area contributed by atoms with Crippen LogP contribution < -0.4 is 5.32 Å². The molecular weight excluding hydrogens is 271 g/mol. The van der Waals surface area contributed by atoms with Gasteiger partial charge in [-0.3, -0.25) is 9.59 Å². The summed E-state index contributed by atoms with van der Waals surface area (Å²) in [6, 6.07) is 6.47. The van der Waals surface area contributed by atoms with Crippen LogP contribution in [0, 0.1) is 5.82 Å². The van der Waals surface area contributed by atoms with Crippen LogP contribution in [-0.2, 0) is 16.1 Å². The Hall–Kier alpha value is -1.91. The fourth-order valence-corrected chi connectivity index (χ4v) is 3.32. The summed E-state index contributed by atoms with van der Waals surface area (Å²) in [5, 5.41) is 2.91. The number of nitrogens with one attached hydrogen (secondary N) is 1. The van der Waals surface area contributed by atoms with Crippen molar-refractivity contribution in [3.8, 4) is 0 Å². The number of amides is 2. The predicted molar refractivity (Wildman–Crippen MR) is 75.8 cm³/mol. The first-order valence-electron chi connectivity index (χ1n) is 7.44. The van der Waals surface area contributed by atoms with Gasteiger partial charge in [-0.1, -0.05) is 31.0 Å². The lowest BCUT2D eigenvalue weighted by atomic mass is 9.95. The van der Waals surface area contributed by atoms with Gasteiger partial charge in [-0.05, 0) is 18.9 Å². The van der Waals surface area contributed by atoms with E-state index in [1.54, 1.807) is 23.1 Å². The van der Waals surface area contributed by atoms with Gasteiger partial charge in [0, 0.05) is 25.1 Å². The van der Waals surface area contributed by atoms with Crippen LogP contribution in [0.1, 0.15) is 37.7 Å². The van der Waals surface area contributed by atoms with E-state index in [0.717, 1.165) is 12.8 Å². The molecule has 1 saturated carbocycles. The summed E-state index contributed by atoms with van der Waals surface area (Å²) in [5.74, 6) is -0.454. The Morgan fingerprint density at radius 3 is 2.62 bits per heavy atom. The number of halogens is 1. The Morgan fingerprint density at radius 2 is 1.90 bits per heavy atom. The highest BCUT2D eigenvalue weighted by atomic mass is 19.1. The number of nitrogens with zero attached hydrogens (tertiary/aromatic N) is 1. The molecule has 1 saturated heterocycles. The summed E-state index contributed by atoms with van der Waals surface area (Å²) in [5.41, 5.74) is -0.257. The molecule has 0 atom stereocenters.